The van der Waals surface area contributed by atoms with Gasteiger partial charge in [-0.15, -0.1) is 0 Å². The van der Waals surface area contributed by atoms with Crippen LogP contribution in [0.3, 0.4) is 0 Å². The van der Waals surface area contributed by atoms with E-state index < -0.39 is 0 Å². The highest BCUT2D eigenvalue weighted by Gasteiger charge is 2.28. The summed E-state index contributed by atoms with van der Waals surface area (Å²) in [4.78, 5) is 11.1. The van der Waals surface area contributed by atoms with Crippen LogP contribution in [0, 0.1) is 0 Å². The smallest absolute Gasteiger partial charge is 0.318 e. The van der Waals surface area contributed by atoms with Crippen LogP contribution in [0.1, 0.15) is 18.4 Å². The standard InChI is InChI=1S/C9H7ClO2/c1-5-7-4-6(10)2-3-8(7)12-9(5)11/h2-5H,1H3/t5-/m0/s1. The monoisotopic (exact) mass is 182 g/mol. The van der Waals surface area contributed by atoms with Crippen molar-refractivity contribution in [3.63, 3.8) is 0 Å². The topological polar surface area (TPSA) is 26.3 Å². The maximum absolute atomic E-state index is 11.1. The Hall–Kier alpha value is -1.02. The Morgan fingerprint density at radius 3 is 3.00 bits per heavy atom. The van der Waals surface area contributed by atoms with Gasteiger partial charge in [0.2, 0.25) is 0 Å². The molecule has 0 N–H and O–H groups in total. The Morgan fingerprint density at radius 2 is 2.25 bits per heavy atom. The van der Waals surface area contributed by atoms with Gasteiger partial charge in [-0.2, -0.15) is 0 Å². The van der Waals surface area contributed by atoms with Gasteiger partial charge in [-0.25, -0.2) is 0 Å². The van der Waals surface area contributed by atoms with E-state index in [0.29, 0.717) is 10.8 Å². The molecule has 0 saturated carbocycles. The number of carbonyl (C=O) groups is 1. The van der Waals surface area contributed by atoms with Crippen LogP contribution in [0.15, 0.2) is 18.2 Å². The Kier molecular flexibility index (Phi) is 1.58. The Bertz CT molecular complexity index is 346. The van der Waals surface area contributed by atoms with E-state index in [-0.39, 0.29) is 11.9 Å². The highest BCUT2D eigenvalue weighted by atomic mass is 35.5. The molecule has 3 heteroatoms. The predicted molar refractivity (Wildman–Crippen MR) is 45.5 cm³/mol. The summed E-state index contributed by atoms with van der Waals surface area (Å²) < 4.78 is 4.98. The first-order valence-electron chi connectivity index (χ1n) is 3.69. The Labute approximate surface area is 75.1 Å². The summed E-state index contributed by atoms with van der Waals surface area (Å²) in [6.07, 6.45) is 0. The van der Waals surface area contributed by atoms with Crippen LogP contribution in [0.2, 0.25) is 5.02 Å². The van der Waals surface area contributed by atoms with E-state index in [9.17, 15) is 4.79 Å². The molecule has 0 bridgehead atoms. The molecule has 1 aliphatic rings. The van der Waals surface area contributed by atoms with Crippen molar-refractivity contribution in [2.24, 2.45) is 0 Å². The Balaban J connectivity index is 2.55. The minimum Gasteiger partial charge on any atom is -0.426 e. The first-order valence-corrected chi connectivity index (χ1v) is 4.07. The average Bonchev–Trinajstić information content (AvgIpc) is 2.31. The van der Waals surface area contributed by atoms with E-state index in [2.05, 4.69) is 0 Å². The lowest BCUT2D eigenvalue weighted by Crippen LogP contribution is -2.05. The van der Waals surface area contributed by atoms with Crippen LogP contribution < -0.4 is 4.74 Å². The van der Waals surface area contributed by atoms with E-state index in [1.165, 1.54) is 0 Å². The van der Waals surface area contributed by atoms with E-state index >= 15 is 0 Å². The Morgan fingerprint density at radius 1 is 1.50 bits per heavy atom. The third kappa shape index (κ3) is 0.994. The van der Waals surface area contributed by atoms with Gasteiger partial charge in [-0.1, -0.05) is 11.6 Å². The van der Waals surface area contributed by atoms with Crippen molar-refractivity contribution in [2.45, 2.75) is 12.8 Å². The third-order valence-corrected chi connectivity index (χ3v) is 2.24. The molecular formula is C9H7ClO2. The lowest BCUT2D eigenvalue weighted by atomic mass is 10.0. The van der Waals surface area contributed by atoms with Gasteiger partial charge in [0.15, 0.2) is 0 Å². The fourth-order valence-electron chi connectivity index (χ4n) is 1.27. The molecule has 2 rings (SSSR count). The zero-order valence-electron chi connectivity index (χ0n) is 6.50. The number of fused-ring (bicyclic) bond motifs is 1. The molecule has 0 radical (unpaired) electrons. The zero-order chi connectivity index (χ0) is 8.72. The molecule has 1 aliphatic heterocycles. The zero-order valence-corrected chi connectivity index (χ0v) is 7.26. The molecule has 12 heavy (non-hydrogen) atoms. The number of halogens is 1. The maximum atomic E-state index is 11.1. The number of hydrogen-bond donors (Lipinski definition) is 0. The van der Waals surface area contributed by atoms with Gasteiger partial charge < -0.3 is 4.74 Å². The molecule has 0 fully saturated rings. The summed E-state index contributed by atoms with van der Waals surface area (Å²) in [5, 5.41) is 0.638. The number of esters is 1. The number of hydrogen-bond acceptors (Lipinski definition) is 2. The van der Waals surface area contributed by atoms with Crippen molar-refractivity contribution in [1.82, 2.24) is 0 Å². The number of ether oxygens (including phenoxy) is 1. The van der Waals surface area contributed by atoms with Crippen molar-refractivity contribution in [1.29, 1.82) is 0 Å². The lowest BCUT2D eigenvalue weighted by molar-refractivity contribution is -0.133. The molecule has 1 heterocycles. The molecule has 1 aromatic carbocycles. The van der Waals surface area contributed by atoms with Crippen molar-refractivity contribution < 1.29 is 9.53 Å². The van der Waals surface area contributed by atoms with Crippen molar-refractivity contribution in [3.05, 3.63) is 28.8 Å². The summed E-state index contributed by atoms with van der Waals surface area (Å²) in [6, 6.07) is 5.21. The highest BCUT2D eigenvalue weighted by Crippen LogP contribution is 2.35. The van der Waals surface area contributed by atoms with E-state index in [4.69, 9.17) is 16.3 Å². The van der Waals surface area contributed by atoms with Gasteiger partial charge >= 0.3 is 5.97 Å². The van der Waals surface area contributed by atoms with Crippen LogP contribution in [-0.2, 0) is 4.79 Å². The highest BCUT2D eigenvalue weighted by molar-refractivity contribution is 6.30. The normalized spacial score (nSPS) is 20.5. The van der Waals surface area contributed by atoms with E-state index in [1.807, 2.05) is 6.92 Å². The third-order valence-electron chi connectivity index (χ3n) is 2.00. The minimum atomic E-state index is -0.202. The quantitative estimate of drug-likeness (QED) is 0.455. The van der Waals surface area contributed by atoms with Crippen molar-refractivity contribution >= 4 is 17.6 Å². The molecule has 62 valence electrons. The number of carbonyl (C=O) groups excluding carboxylic acids is 1. The summed E-state index contributed by atoms with van der Waals surface area (Å²) in [6.45, 7) is 1.81. The molecule has 2 nitrogen and oxygen atoms in total. The predicted octanol–water partition coefficient (Wildman–Crippen LogP) is 2.36. The second-order valence-corrected chi connectivity index (χ2v) is 3.26. The largest absolute Gasteiger partial charge is 0.426 e. The number of benzene rings is 1. The van der Waals surface area contributed by atoms with Crippen molar-refractivity contribution in [2.75, 3.05) is 0 Å². The molecular weight excluding hydrogens is 176 g/mol. The first-order chi connectivity index (χ1) is 5.68. The van der Waals surface area contributed by atoms with Gasteiger partial charge in [0, 0.05) is 10.6 Å². The molecule has 0 spiro atoms. The van der Waals surface area contributed by atoms with Gasteiger partial charge in [0.05, 0.1) is 5.92 Å². The SMILES string of the molecule is C[C@@H]1C(=O)Oc2ccc(Cl)cc21. The van der Waals surface area contributed by atoms with Crippen LogP contribution in [0.4, 0.5) is 0 Å². The molecule has 0 aliphatic carbocycles. The van der Waals surface area contributed by atoms with Crippen LogP contribution in [-0.4, -0.2) is 5.97 Å². The first kappa shape index (κ1) is 7.62. The van der Waals surface area contributed by atoms with Crippen LogP contribution in [0.5, 0.6) is 5.75 Å². The van der Waals surface area contributed by atoms with Crippen molar-refractivity contribution in [3.8, 4) is 5.75 Å². The summed E-state index contributed by atoms with van der Waals surface area (Å²) in [5.41, 5.74) is 0.882. The van der Waals surface area contributed by atoms with Gasteiger partial charge in [0.1, 0.15) is 5.75 Å². The fourth-order valence-corrected chi connectivity index (χ4v) is 1.45. The average molecular weight is 183 g/mol. The second-order valence-electron chi connectivity index (χ2n) is 2.82. The number of rotatable bonds is 0. The summed E-state index contributed by atoms with van der Waals surface area (Å²) in [7, 11) is 0. The summed E-state index contributed by atoms with van der Waals surface area (Å²) >= 11 is 5.77. The van der Waals surface area contributed by atoms with Crippen LogP contribution >= 0.6 is 11.6 Å². The molecule has 1 atom stereocenters. The maximum Gasteiger partial charge on any atom is 0.318 e. The van der Waals surface area contributed by atoms with Crippen LogP contribution in [0.25, 0.3) is 0 Å². The molecule has 0 aromatic heterocycles. The van der Waals surface area contributed by atoms with Gasteiger partial charge in [-0.3, -0.25) is 4.79 Å². The van der Waals surface area contributed by atoms with Gasteiger partial charge in [0.25, 0.3) is 0 Å². The molecule has 0 amide bonds. The summed E-state index contributed by atoms with van der Waals surface area (Å²) in [5.74, 6) is 0.253. The molecule has 0 saturated heterocycles. The molecule has 0 unspecified atom stereocenters. The second kappa shape index (κ2) is 2.49. The van der Waals surface area contributed by atoms with E-state index in [1.54, 1.807) is 18.2 Å². The minimum absolute atomic E-state index is 0.182. The lowest BCUT2D eigenvalue weighted by Gasteiger charge is -1.97. The van der Waals surface area contributed by atoms with Gasteiger partial charge in [-0.05, 0) is 25.1 Å². The van der Waals surface area contributed by atoms with E-state index in [0.717, 1.165) is 5.56 Å². The fraction of sp³-hybridized carbons (Fsp3) is 0.222. The molecule has 1 aromatic rings.